The van der Waals surface area contributed by atoms with Gasteiger partial charge < -0.3 is 10.1 Å². The standard InChI is InChI=1S/C13H16ClN3O3S/c1-16-8-12-9-17(4-5-20-12)21(18,19)13-6-11(14)3-2-10(13)7-15/h2-3,6,12,16H,4-5,8-9H2,1H3. The summed E-state index contributed by atoms with van der Waals surface area (Å²) in [6.07, 6.45) is -0.205. The van der Waals surface area contributed by atoms with Gasteiger partial charge in [0, 0.05) is 24.7 Å². The lowest BCUT2D eigenvalue weighted by Crippen LogP contribution is -2.48. The molecule has 1 heterocycles. The summed E-state index contributed by atoms with van der Waals surface area (Å²) < 4.78 is 32.3. The monoisotopic (exact) mass is 329 g/mol. The molecule has 1 atom stereocenters. The predicted octanol–water partition coefficient (Wildman–Crippen LogP) is 0.821. The van der Waals surface area contributed by atoms with Crippen LogP contribution in [0.5, 0.6) is 0 Å². The van der Waals surface area contributed by atoms with Crippen LogP contribution in [-0.2, 0) is 14.8 Å². The van der Waals surface area contributed by atoms with Crippen LogP contribution in [0.3, 0.4) is 0 Å². The van der Waals surface area contributed by atoms with Crippen molar-refractivity contribution < 1.29 is 13.2 Å². The summed E-state index contributed by atoms with van der Waals surface area (Å²) in [5, 5.41) is 12.3. The van der Waals surface area contributed by atoms with Crippen molar-refractivity contribution in [2.75, 3.05) is 33.3 Å². The lowest BCUT2D eigenvalue weighted by Gasteiger charge is -2.32. The van der Waals surface area contributed by atoms with E-state index in [9.17, 15) is 8.42 Å². The summed E-state index contributed by atoms with van der Waals surface area (Å²) in [6, 6.07) is 6.13. The number of hydrogen-bond donors (Lipinski definition) is 1. The van der Waals surface area contributed by atoms with Crippen molar-refractivity contribution in [2.45, 2.75) is 11.0 Å². The third-order valence-electron chi connectivity index (χ3n) is 3.22. The summed E-state index contributed by atoms with van der Waals surface area (Å²) >= 11 is 5.87. The van der Waals surface area contributed by atoms with E-state index in [1.165, 1.54) is 22.5 Å². The molecule has 1 fully saturated rings. The fourth-order valence-corrected chi connectivity index (χ4v) is 4.06. The van der Waals surface area contributed by atoms with Crippen LogP contribution in [0, 0.1) is 11.3 Å². The van der Waals surface area contributed by atoms with Crippen LogP contribution in [0.2, 0.25) is 5.02 Å². The van der Waals surface area contributed by atoms with Crippen molar-refractivity contribution in [3.8, 4) is 6.07 Å². The van der Waals surface area contributed by atoms with Gasteiger partial charge in [-0.2, -0.15) is 9.57 Å². The number of nitriles is 1. The molecule has 1 saturated heterocycles. The number of hydrogen-bond acceptors (Lipinski definition) is 5. The third kappa shape index (κ3) is 3.54. The topological polar surface area (TPSA) is 82.4 Å². The van der Waals surface area contributed by atoms with Crippen LogP contribution in [0.15, 0.2) is 23.1 Å². The minimum Gasteiger partial charge on any atom is -0.374 e. The number of benzene rings is 1. The first-order valence-corrected chi connectivity index (χ1v) is 8.27. The normalized spacial score (nSPS) is 20.1. The quantitative estimate of drug-likeness (QED) is 0.884. The second-order valence-corrected chi connectivity index (χ2v) is 7.01. The molecule has 1 aromatic carbocycles. The number of ether oxygens (including phenoxy) is 1. The Hall–Kier alpha value is -1.17. The summed E-state index contributed by atoms with van der Waals surface area (Å²) in [5.74, 6) is 0. The van der Waals surface area contributed by atoms with Gasteiger partial charge in [-0.05, 0) is 25.2 Å². The average molecular weight is 330 g/mol. The molecule has 114 valence electrons. The Balaban J connectivity index is 2.34. The number of nitrogens with zero attached hydrogens (tertiary/aromatic N) is 2. The zero-order valence-corrected chi connectivity index (χ0v) is 13.1. The lowest BCUT2D eigenvalue weighted by atomic mass is 10.2. The van der Waals surface area contributed by atoms with Crippen LogP contribution < -0.4 is 5.32 Å². The van der Waals surface area contributed by atoms with Crippen molar-refractivity contribution in [2.24, 2.45) is 0 Å². The fraction of sp³-hybridized carbons (Fsp3) is 0.462. The Kier molecular flexibility index (Phi) is 5.19. The molecule has 1 aromatic rings. The Labute approximate surface area is 129 Å². The molecule has 0 radical (unpaired) electrons. The minimum absolute atomic E-state index is 0.0531. The molecular formula is C13H16ClN3O3S. The van der Waals surface area contributed by atoms with E-state index in [0.29, 0.717) is 13.2 Å². The Morgan fingerprint density at radius 1 is 1.57 bits per heavy atom. The fourth-order valence-electron chi connectivity index (χ4n) is 2.20. The van der Waals surface area contributed by atoms with E-state index in [2.05, 4.69) is 5.32 Å². The first kappa shape index (κ1) is 16.2. The zero-order valence-electron chi connectivity index (χ0n) is 11.5. The highest BCUT2D eigenvalue weighted by Gasteiger charge is 2.32. The van der Waals surface area contributed by atoms with Gasteiger partial charge in [0.25, 0.3) is 0 Å². The van der Waals surface area contributed by atoms with E-state index in [4.69, 9.17) is 21.6 Å². The summed E-state index contributed by atoms with van der Waals surface area (Å²) in [7, 11) is -1.98. The molecule has 0 aliphatic carbocycles. The number of morpholine rings is 1. The molecule has 0 amide bonds. The first-order chi connectivity index (χ1) is 9.98. The van der Waals surface area contributed by atoms with E-state index in [1.54, 1.807) is 7.05 Å². The van der Waals surface area contributed by atoms with Gasteiger partial charge in [0.05, 0.1) is 18.3 Å². The lowest BCUT2D eigenvalue weighted by molar-refractivity contribution is 0.000820. The van der Waals surface area contributed by atoms with Crippen molar-refractivity contribution in [3.05, 3.63) is 28.8 Å². The molecule has 0 aromatic heterocycles. The van der Waals surface area contributed by atoms with Gasteiger partial charge in [-0.1, -0.05) is 11.6 Å². The average Bonchev–Trinajstić information content (AvgIpc) is 2.48. The Bertz CT molecular complexity index is 655. The molecule has 0 saturated carbocycles. The Morgan fingerprint density at radius 3 is 3.00 bits per heavy atom. The molecule has 8 heteroatoms. The first-order valence-electron chi connectivity index (χ1n) is 6.45. The molecule has 1 N–H and O–H groups in total. The molecule has 0 spiro atoms. The van der Waals surface area contributed by atoms with Crippen LogP contribution in [-0.4, -0.2) is 52.1 Å². The van der Waals surface area contributed by atoms with E-state index >= 15 is 0 Å². The minimum atomic E-state index is -3.76. The molecule has 0 bridgehead atoms. The van der Waals surface area contributed by atoms with Gasteiger partial charge in [-0.25, -0.2) is 8.42 Å². The van der Waals surface area contributed by atoms with Crippen molar-refractivity contribution in [3.63, 3.8) is 0 Å². The van der Waals surface area contributed by atoms with Crippen LogP contribution in [0.4, 0.5) is 0 Å². The SMILES string of the molecule is CNCC1CN(S(=O)(=O)c2cc(Cl)ccc2C#N)CCO1. The highest BCUT2D eigenvalue weighted by Crippen LogP contribution is 2.25. The summed E-state index contributed by atoms with van der Waals surface area (Å²) in [5.41, 5.74) is 0.0936. The maximum atomic E-state index is 12.7. The summed E-state index contributed by atoms with van der Waals surface area (Å²) in [6.45, 7) is 1.40. The highest BCUT2D eigenvalue weighted by molar-refractivity contribution is 7.89. The summed E-state index contributed by atoms with van der Waals surface area (Å²) in [4.78, 5) is -0.0531. The maximum absolute atomic E-state index is 12.7. The van der Waals surface area contributed by atoms with E-state index in [-0.39, 0.29) is 34.7 Å². The van der Waals surface area contributed by atoms with Crippen LogP contribution >= 0.6 is 11.6 Å². The van der Waals surface area contributed by atoms with Crippen LogP contribution in [0.1, 0.15) is 5.56 Å². The van der Waals surface area contributed by atoms with E-state index in [1.807, 2.05) is 6.07 Å². The van der Waals surface area contributed by atoms with Gasteiger partial charge >= 0.3 is 0 Å². The smallest absolute Gasteiger partial charge is 0.244 e. The number of halogens is 1. The van der Waals surface area contributed by atoms with E-state index in [0.717, 1.165) is 0 Å². The van der Waals surface area contributed by atoms with Crippen molar-refractivity contribution in [1.29, 1.82) is 5.26 Å². The Morgan fingerprint density at radius 2 is 2.33 bits per heavy atom. The van der Waals surface area contributed by atoms with Crippen molar-refractivity contribution >= 4 is 21.6 Å². The second-order valence-electron chi connectivity index (χ2n) is 4.67. The van der Waals surface area contributed by atoms with Crippen LogP contribution in [0.25, 0.3) is 0 Å². The maximum Gasteiger partial charge on any atom is 0.244 e. The molecule has 1 aliphatic rings. The molecule has 6 nitrogen and oxygen atoms in total. The van der Waals surface area contributed by atoms with Gasteiger partial charge in [0.15, 0.2) is 0 Å². The molecule has 21 heavy (non-hydrogen) atoms. The predicted molar refractivity (Wildman–Crippen MR) is 78.6 cm³/mol. The highest BCUT2D eigenvalue weighted by atomic mass is 35.5. The van der Waals surface area contributed by atoms with Gasteiger partial charge in [-0.3, -0.25) is 0 Å². The van der Waals surface area contributed by atoms with E-state index < -0.39 is 10.0 Å². The van der Waals surface area contributed by atoms with Gasteiger partial charge in [0.2, 0.25) is 10.0 Å². The zero-order chi connectivity index (χ0) is 15.5. The van der Waals surface area contributed by atoms with Gasteiger partial charge in [-0.15, -0.1) is 0 Å². The molecular weight excluding hydrogens is 314 g/mol. The largest absolute Gasteiger partial charge is 0.374 e. The number of sulfonamides is 1. The second kappa shape index (κ2) is 6.73. The molecule has 1 aliphatic heterocycles. The van der Waals surface area contributed by atoms with Crippen molar-refractivity contribution in [1.82, 2.24) is 9.62 Å². The number of likely N-dealkylation sites (N-methyl/N-ethyl adjacent to an activating group) is 1. The van der Waals surface area contributed by atoms with Gasteiger partial charge in [0.1, 0.15) is 11.0 Å². The number of nitrogens with one attached hydrogen (secondary N) is 1. The molecule has 2 rings (SSSR count). The molecule has 1 unspecified atom stereocenters. The third-order valence-corrected chi connectivity index (χ3v) is 5.36. The number of rotatable bonds is 4.